The van der Waals surface area contributed by atoms with Crippen LogP contribution in [-0.4, -0.2) is 18.5 Å². The zero-order valence-corrected chi connectivity index (χ0v) is 11.4. The number of hydrogen-bond acceptors (Lipinski definition) is 2. The van der Waals surface area contributed by atoms with E-state index < -0.39 is 0 Å². The summed E-state index contributed by atoms with van der Waals surface area (Å²) in [6.07, 6.45) is 2.02. The first-order chi connectivity index (χ1) is 8.56. The van der Waals surface area contributed by atoms with Crippen LogP contribution in [0.4, 0.5) is 5.69 Å². The minimum Gasteiger partial charge on any atom is -0.384 e. The van der Waals surface area contributed by atoms with Crippen LogP contribution >= 0.6 is 0 Å². The Morgan fingerprint density at radius 1 is 1.39 bits per heavy atom. The fourth-order valence-corrected chi connectivity index (χ4v) is 2.52. The summed E-state index contributed by atoms with van der Waals surface area (Å²) in [6, 6.07) is 6.13. The number of carbonyl (C=O) groups excluding carboxylic acids is 1. The zero-order chi connectivity index (χ0) is 13.1. The molecule has 0 saturated heterocycles. The Bertz CT molecular complexity index is 440. The third-order valence-electron chi connectivity index (χ3n) is 3.28. The van der Waals surface area contributed by atoms with Crippen LogP contribution in [-0.2, 0) is 6.42 Å². The summed E-state index contributed by atoms with van der Waals surface area (Å²) in [5, 5.41) is 6.36. The summed E-state index contributed by atoms with van der Waals surface area (Å²) in [7, 11) is 0. The Balaban J connectivity index is 2.01. The predicted molar refractivity (Wildman–Crippen MR) is 75.0 cm³/mol. The van der Waals surface area contributed by atoms with Gasteiger partial charge in [-0.25, -0.2) is 0 Å². The molecule has 0 fully saturated rings. The third kappa shape index (κ3) is 3.03. The second-order valence-electron chi connectivity index (χ2n) is 5.55. The van der Waals surface area contributed by atoms with Gasteiger partial charge in [0.2, 0.25) is 0 Å². The lowest BCUT2D eigenvalue weighted by Gasteiger charge is -2.16. The highest BCUT2D eigenvalue weighted by Gasteiger charge is 2.15. The smallest absolute Gasteiger partial charge is 0.251 e. The Hall–Kier alpha value is -1.51. The van der Waals surface area contributed by atoms with Crippen molar-refractivity contribution >= 4 is 11.6 Å². The normalized spacial score (nSPS) is 15.1. The molecule has 1 unspecified atom stereocenters. The number of nitrogens with one attached hydrogen (secondary N) is 2. The van der Waals surface area contributed by atoms with E-state index in [1.165, 1.54) is 11.3 Å². The molecule has 1 atom stereocenters. The molecule has 0 spiro atoms. The van der Waals surface area contributed by atoms with Crippen molar-refractivity contribution in [3.05, 3.63) is 29.3 Å². The molecule has 3 heteroatoms. The van der Waals surface area contributed by atoms with Crippen molar-refractivity contribution in [2.45, 2.75) is 39.7 Å². The van der Waals surface area contributed by atoms with Gasteiger partial charge in [-0.15, -0.1) is 0 Å². The quantitative estimate of drug-likeness (QED) is 0.857. The maximum atomic E-state index is 12.1. The van der Waals surface area contributed by atoms with Crippen molar-refractivity contribution in [1.29, 1.82) is 0 Å². The second-order valence-corrected chi connectivity index (χ2v) is 5.55. The van der Waals surface area contributed by atoms with Crippen LogP contribution in [0.15, 0.2) is 18.2 Å². The van der Waals surface area contributed by atoms with Crippen LogP contribution in [0.1, 0.15) is 43.1 Å². The molecule has 2 N–H and O–H groups in total. The van der Waals surface area contributed by atoms with Gasteiger partial charge in [-0.05, 0) is 49.4 Å². The van der Waals surface area contributed by atoms with Gasteiger partial charge in [0.25, 0.3) is 5.91 Å². The monoisotopic (exact) mass is 246 g/mol. The van der Waals surface area contributed by atoms with Gasteiger partial charge < -0.3 is 10.6 Å². The van der Waals surface area contributed by atoms with Crippen molar-refractivity contribution in [2.24, 2.45) is 5.92 Å². The van der Waals surface area contributed by atoms with Crippen molar-refractivity contribution in [2.75, 3.05) is 11.9 Å². The van der Waals surface area contributed by atoms with Crippen LogP contribution in [0.2, 0.25) is 0 Å². The fraction of sp³-hybridized carbons (Fsp3) is 0.533. The second kappa shape index (κ2) is 5.42. The van der Waals surface area contributed by atoms with Crippen molar-refractivity contribution in [3.8, 4) is 0 Å². The van der Waals surface area contributed by atoms with E-state index in [0.29, 0.717) is 5.92 Å². The zero-order valence-electron chi connectivity index (χ0n) is 11.4. The standard InChI is InChI=1S/C15H22N2O/c1-10(2)8-11(3)17-15(18)13-4-5-14-12(9-13)6-7-16-14/h4-5,9-11,16H,6-8H2,1-3H3,(H,17,18). The van der Waals surface area contributed by atoms with Crippen LogP contribution in [0.3, 0.4) is 0 Å². The summed E-state index contributed by atoms with van der Waals surface area (Å²) in [6.45, 7) is 7.38. The molecule has 0 aliphatic carbocycles. The van der Waals surface area contributed by atoms with Gasteiger partial charge in [-0.2, -0.15) is 0 Å². The summed E-state index contributed by atoms with van der Waals surface area (Å²) in [5.41, 5.74) is 3.19. The highest BCUT2D eigenvalue weighted by Crippen LogP contribution is 2.23. The average Bonchev–Trinajstić information content (AvgIpc) is 2.74. The molecule has 18 heavy (non-hydrogen) atoms. The van der Waals surface area contributed by atoms with E-state index in [-0.39, 0.29) is 11.9 Å². The van der Waals surface area contributed by atoms with Gasteiger partial charge in [-0.3, -0.25) is 4.79 Å². The molecular weight excluding hydrogens is 224 g/mol. The number of rotatable bonds is 4. The Labute approximate surface area is 109 Å². The highest BCUT2D eigenvalue weighted by atomic mass is 16.1. The van der Waals surface area contributed by atoms with Gasteiger partial charge in [0.15, 0.2) is 0 Å². The molecule has 0 bridgehead atoms. The first-order valence-electron chi connectivity index (χ1n) is 6.74. The molecule has 0 radical (unpaired) electrons. The van der Waals surface area contributed by atoms with Crippen molar-refractivity contribution in [1.82, 2.24) is 5.32 Å². The maximum Gasteiger partial charge on any atom is 0.251 e. The predicted octanol–water partition coefficient (Wildman–Crippen LogP) is 2.82. The summed E-state index contributed by atoms with van der Waals surface area (Å²) in [5.74, 6) is 0.641. The number of hydrogen-bond donors (Lipinski definition) is 2. The topological polar surface area (TPSA) is 41.1 Å². The molecule has 2 rings (SSSR count). The van der Waals surface area contributed by atoms with Crippen LogP contribution in [0.5, 0.6) is 0 Å². The lowest BCUT2D eigenvalue weighted by atomic mass is 10.0. The van der Waals surface area contributed by atoms with Gasteiger partial charge in [-0.1, -0.05) is 13.8 Å². The molecule has 3 nitrogen and oxygen atoms in total. The van der Waals surface area contributed by atoms with E-state index in [1.807, 2.05) is 18.2 Å². The van der Waals surface area contributed by atoms with E-state index in [9.17, 15) is 4.79 Å². The highest BCUT2D eigenvalue weighted by molar-refractivity contribution is 5.95. The Morgan fingerprint density at radius 2 is 2.17 bits per heavy atom. The molecule has 1 aromatic carbocycles. The van der Waals surface area contributed by atoms with E-state index in [4.69, 9.17) is 0 Å². The van der Waals surface area contributed by atoms with E-state index in [2.05, 4.69) is 31.4 Å². The molecule has 98 valence electrons. The molecule has 1 heterocycles. The minimum atomic E-state index is 0.0397. The first-order valence-corrected chi connectivity index (χ1v) is 6.74. The van der Waals surface area contributed by atoms with Crippen LogP contribution < -0.4 is 10.6 Å². The lowest BCUT2D eigenvalue weighted by Crippen LogP contribution is -2.33. The summed E-state index contributed by atoms with van der Waals surface area (Å²) in [4.78, 5) is 12.1. The number of anilines is 1. The van der Waals surface area contributed by atoms with Crippen LogP contribution in [0.25, 0.3) is 0 Å². The van der Waals surface area contributed by atoms with Gasteiger partial charge in [0, 0.05) is 23.8 Å². The van der Waals surface area contributed by atoms with Gasteiger partial charge >= 0.3 is 0 Å². The molecule has 1 aliphatic heterocycles. The van der Waals surface area contributed by atoms with E-state index in [1.54, 1.807) is 0 Å². The fourth-order valence-electron chi connectivity index (χ4n) is 2.52. The van der Waals surface area contributed by atoms with Crippen molar-refractivity contribution in [3.63, 3.8) is 0 Å². The van der Waals surface area contributed by atoms with E-state index >= 15 is 0 Å². The third-order valence-corrected chi connectivity index (χ3v) is 3.28. The summed E-state index contributed by atoms with van der Waals surface area (Å²) < 4.78 is 0. The molecule has 0 aromatic heterocycles. The largest absolute Gasteiger partial charge is 0.384 e. The maximum absolute atomic E-state index is 12.1. The van der Waals surface area contributed by atoms with E-state index in [0.717, 1.165) is 24.9 Å². The molecule has 1 aromatic rings. The summed E-state index contributed by atoms with van der Waals surface area (Å²) >= 11 is 0. The lowest BCUT2D eigenvalue weighted by molar-refractivity contribution is 0.0936. The van der Waals surface area contributed by atoms with Gasteiger partial charge in [0.1, 0.15) is 0 Å². The number of benzene rings is 1. The number of fused-ring (bicyclic) bond motifs is 1. The Kier molecular flexibility index (Phi) is 3.90. The van der Waals surface area contributed by atoms with Gasteiger partial charge in [0.05, 0.1) is 0 Å². The molecular formula is C15H22N2O. The Morgan fingerprint density at radius 3 is 2.89 bits per heavy atom. The number of carbonyl (C=O) groups is 1. The molecule has 1 amide bonds. The molecule has 1 aliphatic rings. The SMILES string of the molecule is CC(C)CC(C)NC(=O)c1ccc2c(c1)CCN2. The minimum absolute atomic E-state index is 0.0397. The number of amides is 1. The van der Waals surface area contributed by atoms with Crippen LogP contribution in [0, 0.1) is 5.92 Å². The average molecular weight is 246 g/mol. The first kappa shape index (κ1) is 12.9. The van der Waals surface area contributed by atoms with Crippen molar-refractivity contribution < 1.29 is 4.79 Å². The molecule has 0 saturated carbocycles.